The van der Waals surface area contributed by atoms with E-state index in [2.05, 4.69) is 15.5 Å². The van der Waals surface area contributed by atoms with Gasteiger partial charge in [-0.3, -0.25) is 9.20 Å². The first-order valence-corrected chi connectivity index (χ1v) is 8.11. The van der Waals surface area contributed by atoms with E-state index in [4.69, 9.17) is 23.2 Å². The summed E-state index contributed by atoms with van der Waals surface area (Å²) in [5, 5.41) is 11.0. The minimum atomic E-state index is -4.48. The highest BCUT2D eigenvalue weighted by molar-refractivity contribution is 6.35. The second-order valence-corrected chi connectivity index (χ2v) is 6.29. The van der Waals surface area contributed by atoms with Gasteiger partial charge in [-0.05, 0) is 29.8 Å². The number of hydrogen-bond acceptors (Lipinski definition) is 3. The van der Waals surface area contributed by atoms with Gasteiger partial charge in [0.05, 0.1) is 18.5 Å². The SMILES string of the molecule is O=C(Cc1ccc(Cl)cc1Cl)NCc1nnc2ccc(C(F)(F)F)cn12. The fourth-order valence-electron chi connectivity index (χ4n) is 2.30. The van der Waals surface area contributed by atoms with Gasteiger partial charge in [0.1, 0.15) is 0 Å². The number of amides is 1. The number of nitrogens with one attached hydrogen (secondary N) is 1. The normalized spacial score (nSPS) is 11.7. The molecule has 10 heteroatoms. The molecule has 2 aromatic heterocycles. The summed E-state index contributed by atoms with van der Waals surface area (Å²) in [5.41, 5.74) is 0.00680. The van der Waals surface area contributed by atoms with Crippen LogP contribution in [-0.2, 0) is 23.9 Å². The van der Waals surface area contributed by atoms with E-state index >= 15 is 0 Å². The summed E-state index contributed by atoms with van der Waals surface area (Å²) in [6.45, 7) is -0.0769. The number of hydrogen-bond donors (Lipinski definition) is 1. The van der Waals surface area contributed by atoms with Crippen LogP contribution in [0.3, 0.4) is 0 Å². The third-order valence-electron chi connectivity index (χ3n) is 3.61. The van der Waals surface area contributed by atoms with Crippen LogP contribution in [0.4, 0.5) is 13.2 Å². The second-order valence-electron chi connectivity index (χ2n) is 5.45. The molecule has 0 atom stereocenters. The number of rotatable bonds is 4. The number of benzene rings is 1. The maximum atomic E-state index is 12.8. The number of nitrogens with zero attached hydrogens (tertiary/aromatic N) is 3. The number of halogens is 5. The molecule has 0 unspecified atom stereocenters. The van der Waals surface area contributed by atoms with Crippen LogP contribution in [0.5, 0.6) is 0 Å². The van der Waals surface area contributed by atoms with E-state index in [-0.39, 0.29) is 30.3 Å². The molecule has 0 aliphatic heterocycles. The molecule has 0 radical (unpaired) electrons. The predicted octanol–water partition coefficient (Wildman–Crippen LogP) is 3.91. The number of fused-ring (bicyclic) bond motifs is 1. The Hall–Kier alpha value is -2.32. The fourth-order valence-corrected chi connectivity index (χ4v) is 2.78. The lowest BCUT2D eigenvalue weighted by Crippen LogP contribution is -2.25. The Bertz CT molecular complexity index is 972. The highest BCUT2D eigenvalue weighted by Gasteiger charge is 2.31. The van der Waals surface area contributed by atoms with Crippen LogP contribution in [0, 0.1) is 0 Å². The van der Waals surface area contributed by atoms with Gasteiger partial charge in [-0.15, -0.1) is 10.2 Å². The van der Waals surface area contributed by atoms with Gasteiger partial charge in [-0.2, -0.15) is 13.2 Å². The first kappa shape index (κ1) is 18.5. The summed E-state index contributed by atoms with van der Waals surface area (Å²) in [6, 6.07) is 6.91. The van der Waals surface area contributed by atoms with Crippen molar-refractivity contribution in [1.82, 2.24) is 19.9 Å². The van der Waals surface area contributed by atoms with Gasteiger partial charge in [-0.1, -0.05) is 29.3 Å². The molecular weight excluding hydrogens is 392 g/mol. The fraction of sp³-hybridized carbons (Fsp3) is 0.188. The average molecular weight is 403 g/mol. The summed E-state index contributed by atoms with van der Waals surface area (Å²) in [7, 11) is 0. The number of alkyl halides is 3. The molecule has 0 saturated heterocycles. The van der Waals surface area contributed by atoms with Gasteiger partial charge >= 0.3 is 6.18 Å². The summed E-state index contributed by atoms with van der Waals surface area (Å²) in [5.74, 6) is -0.181. The van der Waals surface area contributed by atoms with E-state index in [1.165, 1.54) is 16.5 Å². The van der Waals surface area contributed by atoms with E-state index in [9.17, 15) is 18.0 Å². The molecule has 136 valence electrons. The quantitative estimate of drug-likeness (QED) is 0.719. The molecule has 0 spiro atoms. The lowest BCUT2D eigenvalue weighted by atomic mass is 10.1. The van der Waals surface area contributed by atoms with Crippen LogP contribution < -0.4 is 5.32 Å². The molecule has 2 heterocycles. The highest BCUT2D eigenvalue weighted by Crippen LogP contribution is 2.29. The van der Waals surface area contributed by atoms with Crippen molar-refractivity contribution in [2.45, 2.75) is 19.1 Å². The van der Waals surface area contributed by atoms with Gasteiger partial charge in [0, 0.05) is 16.2 Å². The minimum Gasteiger partial charge on any atom is -0.348 e. The third-order valence-corrected chi connectivity index (χ3v) is 4.20. The van der Waals surface area contributed by atoms with Crippen LogP contribution in [0.1, 0.15) is 17.0 Å². The summed E-state index contributed by atoms with van der Waals surface area (Å²) in [6.07, 6.45) is -3.59. The standard InChI is InChI=1S/C16H11Cl2F3N4O/c17-11-3-1-9(12(18)6-11)5-15(26)22-7-14-24-23-13-4-2-10(8-25(13)14)16(19,20)21/h1-4,6,8H,5,7H2,(H,22,26). The van der Waals surface area contributed by atoms with Crippen molar-refractivity contribution in [3.05, 3.63) is 63.5 Å². The molecule has 3 aromatic rings. The Kier molecular flexibility index (Phi) is 5.06. The minimum absolute atomic E-state index is 0.000535. The third kappa shape index (κ3) is 4.08. The van der Waals surface area contributed by atoms with Crippen LogP contribution in [0.25, 0.3) is 5.65 Å². The van der Waals surface area contributed by atoms with Crippen LogP contribution >= 0.6 is 23.2 Å². The van der Waals surface area contributed by atoms with Crippen molar-refractivity contribution in [1.29, 1.82) is 0 Å². The largest absolute Gasteiger partial charge is 0.417 e. The van der Waals surface area contributed by atoms with Crippen molar-refractivity contribution in [3.8, 4) is 0 Å². The molecule has 1 N–H and O–H groups in total. The summed E-state index contributed by atoms with van der Waals surface area (Å²) in [4.78, 5) is 12.1. The molecular formula is C16H11Cl2F3N4O. The summed E-state index contributed by atoms with van der Waals surface area (Å²) >= 11 is 11.8. The van der Waals surface area contributed by atoms with Gasteiger partial charge in [0.15, 0.2) is 11.5 Å². The molecule has 1 aromatic carbocycles. The molecule has 3 rings (SSSR count). The molecule has 0 aliphatic carbocycles. The topological polar surface area (TPSA) is 59.3 Å². The van der Waals surface area contributed by atoms with E-state index in [1.54, 1.807) is 12.1 Å². The van der Waals surface area contributed by atoms with Crippen LogP contribution in [-0.4, -0.2) is 20.5 Å². The van der Waals surface area contributed by atoms with E-state index < -0.39 is 11.7 Å². The van der Waals surface area contributed by atoms with Crippen molar-refractivity contribution in [2.24, 2.45) is 0 Å². The predicted molar refractivity (Wildman–Crippen MR) is 90.0 cm³/mol. The zero-order chi connectivity index (χ0) is 18.9. The average Bonchev–Trinajstić information content (AvgIpc) is 2.97. The zero-order valence-corrected chi connectivity index (χ0v) is 14.5. The second kappa shape index (κ2) is 7.13. The van der Waals surface area contributed by atoms with Gasteiger partial charge in [-0.25, -0.2) is 0 Å². The van der Waals surface area contributed by atoms with Crippen molar-refractivity contribution < 1.29 is 18.0 Å². The number of pyridine rings is 1. The molecule has 0 aliphatic rings. The monoisotopic (exact) mass is 402 g/mol. The maximum absolute atomic E-state index is 12.8. The molecule has 0 saturated carbocycles. The van der Waals surface area contributed by atoms with Crippen molar-refractivity contribution in [2.75, 3.05) is 0 Å². The number of aromatic nitrogens is 3. The lowest BCUT2D eigenvalue weighted by molar-refractivity contribution is -0.137. The lowest BCUT2D eigenvalue weighted by Gasteiger charge is -2.08. The molecule has 0 bridgehead atoms. The van der Waals surface area contributed by atoms with Gasteiger partial charge < -0.3 is 5.32 Å². The highest BCUT2D eigenvalue weighted by atomic mass is 35.5. The molecule has 26 heavy (non-hydrogen) atoms. The Balaban J connectivity index is 1.72. The maximum Gasteiger partial charge on any atom is 0.417 e. The van der Waals surface area contributed by atoms with Crippen molar-refractivity contribution in [3.63, 3.8) is 0 Å². The van der Waals surface area contributed by atoms with Gasteiger partial charge in [0.25, 0.3) is 0 Å². The van der Waals surface area contributed by atoms with E-state index in [0.29, 0.717) is 15.6 Å². The Morgan fingerprint density at radius 2 is 1.92 bits per heavy atom. The van der Waals surface area contributed by atoms with Crippen LogP contribution in [0.15, 0.2) is 36.5 Å². The smallest absolute Gasteiger partial charge is 0.348 e. The van der Waals surface area contributed by atoms with E-state index in [0.717, 1.165) is 12.3 Å². The number of carbonyl (C=O) groups excluding carboxylic acids is 1. The number of carbonyl (C=O) groups is 1. The van der Waals surface area contributed by atoms with Crippen molar-refractivity contribution >= 4 is 34.8 Å². The van der Waals surface area contributed by atoms with Gasteiger partial charge in [0.2, 0.25) is 5.91 Å². The molecule has 1 amide bonds. The Morgan fingerprint density at radius 1 is 1.15 bits per heavy atom. The van der Waals surface area contributed by atoms with Crippen LogP contribution in [0.2, 0.25) is 10.0 Å². The Morgan fingerprint density at radius 3 is 2.62 bits per heavy atom. The Labute approximate surface area is 155 Å². The first-order chi connectivity index (χ1) is 12.2. The van der Waals surface area contributed by atoms with E-state index in [1.807, 2.05) is 0 Å². The zero-order valence-electron chi connectivity index (χ0n) is 13.0. The summed E-state index contributed by atoms with van der Waals surface area (Å²) < 4.78 is 39.7. The first-order valence-electron chi connectivity index (χ1n) is 7.35. The molecule has 0 fully saturated rings. The molecule has 5 nitrogen and oxygen atoms in total.